The van der Waals surface area contributed by atoms with Crippen molar-refractivity contribution in [3.05, 3.63) is 59.9 Å². The molecule has 1 saturated carbocycles. The van der Waals surface area contributed by atoms with Gasteiger partial charge in [-0.2, -0.15) is 4.98 Å². The van der Waals surface area contributed by atoms with E-state index in [4.69, 9.17) is 8.94 Å². The third-order valence-corrected chi connectivity index (χ3v) is 5.26. The highest BCUT2D eigenvalue weighted by atomic mass is 19.1. The number of nitrogens with zero attached hydrogens (tertiary/aromatic N) is 4. The van der Waals surface area contributed by atoms with Crippen LogP contribution in [-0.2, 0) is 4.79 Å². The lowest BCUT2D eigenvalue weighted by Gasteiger charge is -2.08. The fourth-order valence-electron chi connectivity index (χ4n) is 3.29. The topological polar surface area (TPSA) is 136 Å². The highest BCUT2D eigenvalue weighted by molar-refractivity contribution is 6.03. The Balaban J connectivity index is 1.31. The molecule has 0 aliphatic heterocycles. The Hall–Kier alpha value is -4.41. The molecule has 5 rings (SSSR count). The standard InChI is InChI=1S/C23H19FN6O4/c1-11-3-4-13(20-29-23(34-30-20)15-8-16(15)24)7-17(11)28-21(32)18-10-26-22(33-18)14-5-6-19(25-9-14)27-12(2)31/h3-7,9-10,15-16H,8H2,1-2H3,(H,28,32)(H,25,27,31)/t15-,16-/m0/s1. The van der Waals surface area contributed by atoms with E-state index < -0.39 is 12.1 Å². The number of carbonyl (C=O) groups is 2. The lowest BCUT2D eigenvalue weighted by molar-refractivity contribution is -0.114. The van der Waals surface area contributed by atoms with Crippen LogP contribution in [0.5, 0.6) is 0 Å². The van der Waals surface area contributed by atoms with Crippen molar-refractivity contribution in [1.82, 2.24) is 20.1 Å². The molecule has 2 atom stereocenters. The Morgan fingerprint density at radius 1 is 1.09 bits per heavy atom. The minimum atomic E-state index is -0.932. The zero-order chi connectivity index (χ0) is 23.8. The molecule has 172 valence electrons. The van der Waals surface area contributed by atoms with Gasteiger partial charge in [0.05, 0.1) is 17.7 Å². The van der Waals surface area contributed by atoms with Crippen LogP contribution >= 0.6 is 0 Å². The average molecular weight is 462 g/mol. The van der Waals surface area contributed by atoms with E-state index in [1.807, 2.05) is 13.0 Å². The highest BCUT2D eigenvalue weighted by Gasteiger charge is 2.43. The summed E-state index contributed by atoms with van der Waals surface area (Å²) in [6.45, 7) is 3.23. The first-order chi connectivity index (χ1) is 16.4. The molecule has 10 nitrogen and oxygen atoms in total. The predicted octanol–water partition coefficient (Wildman–Crippen LogP) is 4.13. The predicted molar refractivity (Wildman–Crippen MR) is 119 cm³/mol. The Morgan fingerprint density at radius 2 is 1.88 bits per heavy atom. The molecule has 1 aliphatic carbocycles. The third kappa shape index (κ3) is 4.40. The molecule has 1 fully saturated rings. The molecule has 0 radical (unpaired) electrons. The number of aromatic nitrogens is 4. The second-order valence-electron chi connectivity index (χ2n) is 7.94. The number of hydrogen-bond acceptors (Lipinski definition) is 8. The molecule has 1 aliphatic rings. The normalized spacial score (nSPS) is 16.8. The second-order valence-corrected chi connectivity index (χ2v) is 7.94. The van der Waals surface area contributed by atoms with Crippen LogP contribution in [0.3, 0.4) is 0 Å². The van der Waals surface area contributed by atoms with Crippen molar-refractivity contribution in [2.45, 2.75) is 32.4 Å². The van der Waals surface area contributed by atoms with Crippen molar-refractivity contribution >= 4 is 23.3 Å². The van der Waals surface area contributed by atoms with Crippen molar-refractivity contribution in [2.24, 2.45) is 0 Å². The third-order valence-electron chi connectivity index (χ3n) is 5.26. The zero-order valence-corrected chi connectivity index (χ0v) is 18.2. The molecular weight excluding hydrogens is 443 g/mol. The van der Waals surface area contributed by atoms with Crippen LogP contribution in [0.15, 0.2) is 51.7 Å². The van der Waals surface area contributed by atoms with Gasteiger partial charge in [-0.05, 0) is 37.1 Å². The number of rotatable bonds is 6. The Labute approximate surface area is 192 Å². The summed E-state index contributed by atoms with van der Waals surface area (Å²) in [6, 6.07) is 8.60. The van der Waals surface area contributed by atoms with Crippen LogP contribution in [0.2, 0.25) is 0 Å². The van der Waals surface area contributed by atoms with Gasteiger partial charge in [0.2, 0.25) is 29.3 Å². The molecule has 0 unspecified atom stereocenters. The van der Waals surface area contributed by atoms with E-state index in [1.165, 1.54) is 19.3 Å². The Morgan fingerprint density at radius 3 is 2.59 bits per heavy atom. The Bertz CT molecular complexity index is 1380. The molecule has 3 aromatic heterocycles. The summed E-state index contributed by atoms with van der Waals surface area (Å²) >= 11 is 0. The number of aryl methyl sites for hydroxylation is 1. The van der Waals surface area contributed by atoms with Crippen LogP contribution in [0, 0.1) is 6.92 Å². The summed E-state index contributed by atoms with van der Waals surface area (Å²) in [5, 5.41) is 9.30. The van der Waals surface area contributed by atoms with Gasteiger partial charge < -0.3 is 19.6 Å². The summed E-state index contributed by atoms with van der Waals surface area (Å²) < 4.78 is 24.0. The van der Waals surface area contributed by atoms with E-state index in [2.05, 4.69) is 30.7 Å². The monoisotopic (exact) mass is 462 g/mol. The van der Waals surface area contributed by atoms with Gasteiger partial charge in [0.1, 0.15) is 12.0 Å². The maximum Gasteiger partial charge on any atom is 0.293 e. The van der Waals surface area contributed by atoms with E-state index in [1.54, 1.807) is 24.3 Å². The number of halogens is 1. The molecule has 0 saturated heterocycles. The summed E-state index contributed by atoms with van der Waals surface area (Å²) in [5.74, 6) is 0.164. The first-order valence-electron chi connectivity index (χ1n) is 10.5. The minimum absolute atomic E-state index is 0.00955. The van der Waals surface area contributed by atoms with Gasteiger partial charge in [-0.3, -0.25) is 9.59 Å². The second kappa shape index (κ2) is 8.50. The number of amides is 2. The molecule has 4 aromatic rings. The van der Waals surface area contributed by atoms with Gasteiger partial charge >= 0.3 is 0 Å². The average Bonchev–Trinajstić information content (AvgIpc) is 3.21. The smallest absolute Gasteiger partial charge is 0.293 e. The maximum absolute atomic E-state index is 13.3. The molecule has 34 heavy (non-hydrogen) atoms. The summed E-state index contributed by atoms with van der Waals surface area (Å²) in [4.78, 5) is 36.4. The summed E-state index contributed by atoms with van der Waals surface area (Å²) in [7, 11) is 0. The first-order valence-corrected chi connectivity index (χ1v) is 10.5. The molecule has 2 N–H and O–H groups in total. The van der Waals surface area contributed by atoms with Gasteiger partial charge in [-0.1, -0.05) is 17.3 Å². The number of oxazole rings is 1. The van der Waals surface area contributed by atoms with Crippen molar-refractivity contribution in [3.63, 3.8) is 0 Å². The molecule has 2 amide bonds. The van der Waals surface area contributed by atoms with Gasteiger partial charge in [0.25, 0.3) is 5.91 Å². The van der Waals surface area contributed by atoms with Crippen LogP contribution in [0.25, 0.3) is 22.8 Å². The van der Waals surface area contributed by atoms with Gasteiger partial charge in [-0.15, -0.1) is 0 Å². The van der Waals surface area contributed by atoms with E-state index in [0.717, 1.165) is 5.56 Å². The molecule has 3 heterocycles. The number of pyridine rings is 1. The van der Waals surface area contributed by atoms with E-state index in [0.29, 0.717) is 34.9 Å². The molecule has 11 heteroatoms. The molecule has 0 bridgehead atoms. The van der Waals surface area contributed by atoms with Gasteiger partial charge in [0, 0.05) is 24.4 Å². The minimum Gasteiger partial charge on any atom is -0.431 e. The van der Waals surface area contributed by atoms with Crippen molar-refractivity contribution in [1.29, 1.82) is 0 Å². The molecular formula is C23H19FN6O4. The number of benzene rings is 1. The summed E-state index contributed by atoms with van der Waals surface area (Å²) in [5.41, 5.74) is 2.51. The SMILES string of the molecule is CC(=O)Nc1ccc(-c2ncc(C(=O)Nc3cc(-c4noc([C@H]5C[C@@H]5F)n4)ccc3C)o2)cn1. The fourth-order valence-corrected chi connectivity index (χ4v) is 3.29. The van der Waals surface area contributed by atoms with Crippen molar-refractivity contribution in [2.75, 3.05) is 10.6 Å². The summed E-state index contributed by atoms with van der Waals surface area (Å²) in [6.07, 6.45) is 2.27. The molecule has 0 spiro atoms. The number of alkyl halides is 1. The largest absolute Gasteiger partial charge is 0.431 e. The Kier molecular flexibility index (Phi) is 5.36. The lowest BCUT2D eigenvalue weighted by atomic mass is 10.1. The zero-order valence-electron chi connectivity index (χ0n) is 18.2. The first kappa shape index (κ1) is 21.4. The van der Waals surface area contributed by atoms with Crippen LogP contribution < -0.4 is 10.6 Å². The lowest BCUT2D eigenvalue weighted by Crippen LogP contribution is -2.12. The quantitative estimate of drug-likeness (QED) is 0.436. The van der Waals surface area contributed by atoms with Crippen LogP contribution in [0.1, 0.15) is 41.3 Å². The number of nitrogens with one attached hydrogen (secondary N) is 2. The maximum atomic E-state index is 13.3. The van der Waals surface area contributed by atoms with Gasteiger partial charge in [0.15, 0.2) is 0 Å². The highest BCUT2D eigenvalue weighted by Crippen LogP contribution is 2.43. The van der Waals surface area contributed by atoms with Crippen LogP contribution in [-0.4, -0.2) is 38.1 Å². The van der Waals surface area contributed by atoms with E-state index >= 15 is 0 Å². The number of carbonyl (C=O) groups excluding carboxylic acids is 2. The van der Waals surface area contributed by atoms with Crippen molar-refractivity contribution < 1.29 is 22.9 Å². The molecule has 1 aromatic carbocycles. The number of anilines is 2. The van der Waals surface area contributed by atoms with Gasteiger partial charge in [-0.25, -0.2) is 14.4 Å². The number of hydrogen-bond donors (Lipinski definition) is 2. The van der Waals surface area contributed by atoms with Crippen molar-refractivity contribution in [3.8, 4) is 22.8 Å². The fraction of sp³-hybridized carbons (Fsp3) is 0.217. The van der Waals surface area contributed by atoms with E-state index in [9.17, 15) is 14.0 Å². The van der Waals surface area contributed by atoms with E-state index in [-0.39, 0.29) is 29.4 Å². The van der Waals surface area contributed by atoms with Crippen LogP contribution in [0.4, 0.5) is 15.9 Å².